The van der Waals surface area contributed by atoms with Gasteiger partial charge in [-0.3, -0.25) is 10.1 Å². The number of benzene rings is 1. The average molecular weight is 190 g/mol. The van der Waals surface area contributed by atoms with Crippen LogP contribution in [-0.2, 0) is 7.05 Å². The third-order valence-electron chi connectivity index (χ3n) is 2.41. The van der Waals surface area contributed by atoms with Crippen LogP contribution < -0.4 is 0 Å². The molecule has 0 saturated carbocycles. The lowest BCUT2D eigenvalue weighted by atomic mass is 10.1. The van der Waals surface area contributed by atoms with Gasteiger partial charge in [0.2, 0.25) is 0 Å². The van der Waals surface area contributed by atoms with Crippen molar-refractivity contribution in [3.05, 3.63) is 40.1 Å². The highest BCUT2D eigenvalue weighted by atomic mass is 16.6. The summed E-state index contributed by atoms with van der Waals surface area (Å²) in [5, 5.41) is 11.4. The molecule has 4 heteroatoms. The highest BCUT2D eigenvalue weighted by Gasteiger charge is 2.14. The summed E-state index contributed by atoms with van der Waals surface area (Å²) in [5.41, 5.74) is 2.16. The zero-order valence-corrected chi connectivity index (χ0v) is 8.02. The Morgan fingerprint density at radius 2 is 2.07 bits per heavy atom. The summed E-state index contributed by atoms with van der Waals surface area (Å²) in [6.45, 7) is 1.95. The highest BCUT2D eigenvalue weighted by molar-refractivity contribution is 5.91. The van der Waals surface area contributed by atoms with E-state index in [0.29, 0.717) is 5.39 Å². The van der Waals surface area contributed by atoms with Crippen LogP contribution in [0.5, 0.6) is 0 Å². The number of fused-ring (bicyclic) bond motifs is 1. The lowest BCUT2D eigenvalue weighted by molar-refractivity contribution is -0.383. The molecule has 0 aliphatic heterocycles. The van der Waals surface area contributed by atoms with E-state index in [1.54, 1.807) is 18.2 Å². The normalized spacial score (nSPS) is 10.7. The van der Waals surface area contributed by atoms with Crippen LogP contribution in [0.15, 0.2) is 24.4 Å². The zero-order chi connectivity index (χ0) is 10.3. The maximum absolute atomic E-state index is 10.7. The molecule has 0 spiro atoms. The summed E-state index contributed by atoms with van der Waals surface area (Å²) in [7, 11) is 1.89. The molecule has 2 aromatic rings. The molecule has 1 aromatic heterocycles. The lowest BCUT2D eigenvalue weighted by Gasteiger charge is -2.01. The van der Waals surface area contributed by atoms with Crippen LogP contribution in [0.25, 0.3) is 10.9 Å². The quantitative estimate of drug-likeness (QED) is 0.512. The van der Waals surface area contributed by atoms with E-state index >= 15 is 0 Å². The monoisotopic (exact) mass is 190 g/mol. The van der Waals surface area contributed by atoms with Gasteiger partial charge in [-0.1, -0.05) is 6.07 Å². The van der Waals surface area contributed by atoms with Crippen LogP contribution >= 0.6 is 0 Å². The van der Waals surface area contributed by atoms with Gasteiger partial charge in [0.05, 0.1) is 15.8 Å². The van der Waals surface area contributed by atoms with Crippen LogP contribution in [0.2, 0.25) is 0 Å². The van der Waals surface area contributed by atoms with Crippen LogP contribution in [0.4, 0.5) is 5.69 Å². The molecular weight excluding hydrogens is 180 g/mol. The van der Waals surface area contributed by atoms with Crippen molar-refractivity contribution in [2.75, 3.05) is 0 Å². The first-order chi connectivity index (χ1) is 6.61. The Hall–Kier alpha value is -1.84. The number of nitro benzene ring substituents is 1. The van der Waals surface area contributed by atoms with Crippen molar-refractivity contribution in [2.24, 2.45) is 7.05 Å². The molecule has 0 fully saturated rings. The van der Waals surface area contributed by atoms with E-state index in [2.05, 4.69) is 0 Å². The maximum Gasteiger partial charge on any atom is 0.278 e. The SMILES string of the molecule is Cc1ccc([N+](=O)[O-])c2ccn(C)c12. The van der Waals surface area contributed by atoms with E-state index in [4.69, 9.17) is 0 Å². The lowest BCUT2D eigenvalue weighted by Crippen LogP contribution is -1.92. The fourth-order valence-electron chi connectivity index (χ4n) is 1.76. The average Bonchev–Trinajstić information content (AvgIpc) is 2.49. The van der Waals surface area contributed by atoms with Gasteiger partial charge in [0.25, 0.3) is 5.69 Å². The predicted molar refractivity (Wildman–Crippen MR) is 54.3 cm³/mol. The predicted octanol–water partition coefficient (Wildman–Crippen LogP) is 2.39. The first-order valence-electron chi connectivity index (χ1n) is 4.30. The standard InChI is InChI=1S/C10H10N2O2/c1-7-3-4-9(12(13)14)8-5-6-11(2)10(7)8/h3-6H,1-2H3. The Morgan fingerprint density at radius 1 is 1.36 bits per heavy atom. The van der Waals surface area contributed by atoms with Gasteiger partial charge in [0.15, 0.2) is 0 Å². The summed E-state index contributed by atoms with van der Waals surface area (Å²) in [6, 6.07) is 5.11. The summed E-state index contributed by atoms with van der Waals surface area (Å²) in [4.78, 5) is 10.4. The van der Waals surface area contributed by atoms with E-state index in [0.717, 1.165) is 11.1 Å². The van der Waals surface area contributed by atoms with Gasteiger partial charge in [0.1, 0.15) is 0 Å². The largest absolute Gasteiger partial charge is 0.350 e. The second-order valence-electron chi connectivity index (χ2n) is 3.35. The topological polar surface area (TPSA) is 48.1 Å². The van der Waals surface area contributed by atoms with E-state index < -0.39 is 0 Å². The molecule has 0 N–H and O–H groups in total. The van der Waals surface area contributed by atoms with Gasteiger partial charge < -0.3 is 4.57 Å². The van der Waals surface area contributed by atoms with Crippen LogP contribution in [0.1, 0.15) is 5.56 Å². The minimum atomic E-state index is -0.345. The molecule has 72 valence electrons. The van der Waals surface area contributed by atoms with Gasteiger partial charge in [-0.15, -0.1) is 0 Å². The Bertz CT molecular complexity index is 514. The number of aromatic nitrogens is 1. The molecule has 2 rings (SSSR count). The maximum atomic E-state index is 10.7. The number of hydrogen-bond acceptors (Lipinski definition) is 2. The summed E-state index contributed by atoms with van der Waals surface area (Å²) < 4.78 is 1.90. The third kappa shape index (κ3) is 1.08. The number of hydrogen-bond donors (Lipinski definition) is 0. The zero-order valence-electron chi connectivity index (χ0n) is 8.02. The third-order valence-corrected chi connectivity index (χ3v) is 2.41. The van der Waals surface area contributed by atoms with Crippen molar-refractivity contribution in [3.63, 3.8) is 0 Å². The summed E-state index contributed by atoms with van der Waals surface area (Å²) in [6.07, 6.45) is 1.84. The van der Waals surface area contributed by atoms with Crippen LogP contribution in [-0.4, -0.2) is 9.49 Å². The van der Waals surface area contributed by atoms with E-state index in [-0.39, 0.29) is 10.6 Å². The molecular formula is C10H10N2O2. The number of nitrogens with zero attached hydrogens (tertiary/aromatic N) is 2. The second kappa shape index (κ2) is 2.83. The van der Waals surface area contributed by atoms with Crippen molar-refractivity contribution in [2.45, 2.75) is 6.92 Å². The molecule has 1 heterocycles. The Kier molecular flexibility index (Phi) is 1.77. The van der Waals surface area contributed by atoms with Crippen molar-refractivity contribution >= 4 is 16.6 Å². The van der Waals surface area contributed by atoms with E-state index in [9.17, 15) is 10.1 Å². The number of non-ortho nitro benzene ring substituents is 1. The highest BCUT2D eigenvalue weighted by Crippen LogP contribution is 2.28. The fraction of sp³-hybridized carbons (Fsp3) is 0.200. The number of aryl methyl sites for hydroxylation is 2. The van der Waals surface area contributed by atoms with Gasteiger partial charge in [-0.05, 0) is 18.6 Å². The van der Waals surface area contributed by atoms with Crippen molar-refractivity contribution in [1.82, 2.24) is 4.57 Å². The fourth-order valence-corrected chi connectivity index (χ4v) is 1.76. The van der Waals surface area contributed by atoms with Crippen LogP contribution in [0.3, 0.4) is 0 Å². The molecule has 0 unspecified atom stereocenters. The molecule has 0 atom stereocenters. The molecule has 0 radical (unpaired) electrons. The molecule has 0 amide bonds. The number of nitro groups is 1. The van der Waals surface area contributed by atoms with E-state index in [1.165, 1.54) is 0 Å². The van der Waals surface area contributed by atoms with Gasteiger partial charge in [-0.25, -0.2) is 0 Å². The van der Waals surface area contributed by atoms with Gasteiger partial charge >= 0.3 is 0 Å². The minimum absolute atomic E-state index is 0.172. The van der Waals surface area contributed by atoms with Gasteiger partial charge in [0, 0.05) is 19.3 Å². The van der Waals surface area contributed by atoms with Gasteiger partial charge in [-0.2, -0.15) is 0 Å². The smallest absolute Gasteiger partial charge is 0.278 e. The Balaban J connectivity index is 2.90. The van der Waals surface area contributed by atoms with Crippen molar-refractivity contribution in [1.29, 1.82) is 0 Å². The molecule has 0 saturated heterocycles. The Morgan fingerprint density at radius 3 is 2.71 bits per heavy atom. The van der Waals surface area contributed by atoms with Crippen LogP contribution in [0, 0.1) is 17.0 Å². The second-order valence-corrected chi connectivity index (χ2v) is 3.35. The molecule has 1 aromatic carbocycles. The first-order valence-corrected chi connectivity index (χ1v) is 4.30. The summed E-state index contributed by atoms with van der Waals surface area (Å²) in [5.74, 6) is 0. The minimum Gasteiger partial charge on any atom is -0.350 e. The van der Waals surface area contributed by atoms with Crippen molar-refractivity contribution < 1.29 is 4.92 Å². The molecule has 4 nitrogen and oxygen atoms in total. The molecule has 0 aliphatic rings. The molecule has 0 aliphatic carbocycles. The number of rotatable bonds is 1. The molecule has 14 heavy (non-hydrogen) atoms. The Labute approximate surface area is 80.9 Å². The molecule has 0 bridgehead atoms. The summed E-state index contributed by atoms with van der Waals surface area (Å²) >= 11 is 0. The van der Waals surface area contributed by atoms with E-state index in [1.807, 2.05) is 24.7 Å². The first kappa shape index (κ1) is 8.74. The van der Waals surface area contributed by atoms with Crippen molar-refractivity contribution in [3.8, 4) is 0 Å².